The number of methoxy groups -OCH3 is 1. The fourth-order valence-corrected chi connectivity index (χ4v) is 1.87. The molecule has 14 heavy (non-hydrogen) atoms. The molecular weight excluding hydrogens is 182 g/mol. The van der Waals surface area contributed by atoms with Crippen LogP contribution in [0.4, 0.5) is 0 Å². The lowest BCUT2D eigenvalue weighted by Gasteiger charge is -2.28. The van der Waals surface area contributed by atoms with E-state index in [-0.39, 0.29) is 6.61 Å². The zero-order valence-corrected chi connectivity index (χ0v) is 8.78. The lowest BCUT2D eigenvalue weighted by Crippen LogP contribution is -2.40. The molecule has 0 aliphatic heterocycles. The highest BCUT2D eigenvalue weighted by Gasteiger charge is 2.20. The average molecular weight is 203 g/mol. The summed E-state index contributed by atoms with van der Waals surface area (Å²) in [7, 11) is 1.76. The summed E-state index contributed by atoms with van der Waals surface area (Å²) in [6.45, 7) is 0.319. The Morgan fingerprint density at radius 1 is 1.36 bits per heavy atom. The second-order valence-corrected chi connectivity index (χ2v) is 3.95. The van der Waals surface area contributed by atoms with E-state index in [4.69, 9.17) is 14.9 Å². The minimum atomic E-state index is -0.629. The van der Waals surface area contributed by atoms with Crippen molar-refractivity contribution in [3.05, 3.63) is 0 Å². The maximum atomic E-state index is 9.15. The van der Waals surface area contributed by atoms with Crippen LogP contribution in [0.5, 0.6) is 0 Å². The van der Waals surface area contributed by atoms with Gasteiger partial charge in [-0.3, -0.25) is 0 Å². The van der Waals surface area contributed by atoms with Gasteiger partial charge in [0, 0.05) is 19.7 Å². The number of hydrogen-bond donors (Lipinski definition) is 3. The smallest absolute Gasteiger partial charge is 0.0895 e. The molecule has 0 aromatic heterocycles. The molecule has 0 saturated heterocycles. The summed E-state index contributed by atoms with van der Waals surface area (Å²) in [5.74, 6) is 0. The van der Waals surface area contributed by atoms with E-state index in [1.165, 1.54) is 0 Å². The minimum Gasteiger partial charge on any atom is -0.394 e. The van der Waals surface area contributed by atoms with Gasteiger partial charge in [-0.05, 0) is 25.7 Å². The van der Waals surface area contributed by atoms with Crippen LogP contribution < -0.4 is 5.32 Å². The highest BCUT2D eigenvalue weighted by atomic mass is 16.5. The van der Waals surface area contributed by atoms with Crippen molar-refractivity contribution < 1.29 is 14.9 Å². The highest BCUT2D eigenvalue weighted by Crippen LogP contribution is 2.20. The lowest BCUT2D eigenvalue weighted by atomic mass is 9.93. The molecule has 1 atom stereocenters. The van der Waals surface area contributed by atoms with E-state index in [2.05, 4.69) is 5.32 Å². The van der Waals surface area contributed by atoms with Crippen LogP contribution in [0.2, 0.25) is 0 Å². The van der Waals surface area contributed by atoms with Crippen LogP contribution in [0, 0.1) is 0 Å². The molecule has 0 aromatic rings. The summed E-state index contributed by atoms with van der Waals surface area (Å²) < 4.78 is 5.27. The van der Waals surface area contributed by atoms with E-state index in [1.807, 2.05) is 0 Å². The molecule has 0 radical (unpaired) electrons. The van der Waals surface area contributed by atoms with Gasteiger partial charge in [0.15, 0.2) is 0 Å². The molecule has 0 amide bonds. The molecule has 0 aromatic carbocycles. The van der Waals surface area contributed by atoms with Crippen LogP contribution in [0.1, 0.15) is 25.7 Å². The van der Waals surface area contributed by atoms with Gasteiger partial charge in [-0.25, -0.2) is 0 Å². The molecule has 0 heterocycles. The standard InChI is InChI=1S/C10H21NO3/c1-14-10-4-2-8(3-5-10)11-6-9(13)7-12/h8-13H,2-7H2,1H3. The van der Waals surface area contributed by atoms with Gasteiger partial charge in [-0.1, -0.05) is 0 Å². The van der Waals surface area contributed by atoms with Crippen molar-refractivity contribution in [3.63, 3.8) is 0 Å². The Labute approximate surface area is 85.3 Å². The zero-order valence-electron chi connectivity index (χ0n) is 8.78. The maximum Gasteiger partial charge on any atom is 0.0895 e. The molecule has 1 unspecified atom stereocenters. The van der Waals surface area contributed by atoms with Gasteiger partial charge < -0.3 is 20.3 Å². The molecule has 4 heteroatoms. The quantitative estimate of drug-likeness (QED) is 0.583. The van der Waals surface area contributed by atoms with E-state index in [9.17, 15) is 0 Å². The molecule has 0 bridgehead atoms. The fourth-order valence-electron chi connectivity index (χ4n) is 1.87. The summed E-state index contributed by atoms with van der Waals surface area (Å²) in [6.07, 6.45) is 4.14. The normalized spacial score (nSPS) is 30.2. The van der Waals surface area contributed by atoms with Gasteiger partial charge in [0.1, 0.15) is 0 Å². The lowest BCUT2D eigenvalue weighted by molar-refractivity contribution is 0.0563. The topological polar surface area (TPSA) is 61.7 Å². The van der Waals surface area contributed by atoms with Crippen LogP contribution >= 0.6 is 0 Å². The molecule has 3 N–H and O–H groups in total. The van der Waals surface area contributed by atoms with E-state index in [0.717, 1.165) is 25.7 Å². The largest absolute Gasteiger partial charge is 0.394 e. The van der Waals surface area contributed by atoms with Crippen molar-refractivity contribution in [3.8, 4) is 0 Å². The number of aliphatic hydroxyl groups excluding tert-OH is 2. The first-order valence-corrected chi connectivity index (χ1v) is 5.31. The Balaban J connectivity index is 2.10. The van der Waals surface area contributed by atoms with E-state index in [1.54, 1.807) is 7.11 Å². The molecule has 1 saturated carbocycles. The van der Waals surface area contributed by atoms with Crippen LogP contribution in [0.15, 0.2) is 0 Å². The van der Waals surface area contributed by atoms with Gasteiger partial charge >= 0.3 is 0 Å². The maximum absolute atomic E-state index is 9.15. The third-order valence-electron chi connectivity index (χ3n) is 2.86. The minimum absolute atomic E-state index is 0.166. The van der Waals surface area contributed by atoms with Crippen molar-refractivity contribution in [1.29, 1.82) is 0 Å². The Kier molecular flexibility index (Phi) is 5.40. The van der Waals surface area contributed by atoms with Crippen molar-refractivity contribution in [1.82, 2.24) is 5.32 Å². The highest BCUT2D eigenvalue weighted by molar-refractivity contribution is 4.78. The molecule has 0 spiro atoms. The molecule has 1 rings (SSSR count). The SMILES string of the molecule is COC1CCC(NCC(O)CO)CC1. The van der Waals surface area contributed by atoms with Crippen LogP contribution in [-0.2, 0) is 4.74 Å². The first-order valence-electron chi connectivity index (χ1n) is 5.31. The summed E-state index contributed by atoms with van der Waals surface area (Å²) in [5.41, 5.74) is 0. The molecular formula is C10H21NO3. The molecule has 4 nitrogen and oxygen atoms in total. The number of aliphatic hydroxyl groups is 2. The molecule has 1 aliphatic rings. The zero-order chi connectivity index (χ0) is 10.4. The summed E-state index contributed by atoms with van der Waals surface area (Å²) in [6, 6.07) is 0.475. The first kappa shape index (κ1) is 11.9. The molecule has 1 fully saturated rings. The molecule has 1 aliphatic carbocycles. The number of nitrogens with one attached hydrogen (secondary N) is 1. The summed E-state index contributed by atoms with van der Waals surface area (Å²) >= 11 is 0. The van der Waals surface area contributed by atoms with Gasteiger partial charge in [0.25, 0.3) is 0 Å². The average Bonchev–Trinajstić information content (AvgIpc) is 2.26. The van der Waals surface area contributed by atoms with Crippen LogP contribution in [0.25, 0.3) is 0 Å². The molecule has 84 valence electrons. The summed E-state index contributed by atoms with van der Waals surface area (Å²) in [4.78, 5) is 0. The van der Waals surface area contributed by atoms with Crippen LogP contribution in [-0.4, -0.2) is 48.7 Å². The van der Waals surface area contributed by atoms with Gasteiger partial charge in [-0.15, -0.1) is 0 Å². The first-order chi connectivity index (χ1) is 6.76. The number of ether oxygens (including phenoxy) is 1. The third-order valence-corrected chi connectivity index (χ3v) is 2.86. The van der Waals surface area contributed by atoms with Crippen molar-refractivity contribution >= 4 is 0 Å². The second-order valence-electron chi connectivity index (χ2n) is 3.95. The Morgan fingerprint density at radius 3 is 2.50 bits per heavy atom. The van der Waals surface area contributed by atoms with E-state index >= 15 is 0 Å². The number of hydrogen-bond acceptors (Lipinski definition) is 4. The van der Waals surface area contributed by atoms with Gasteiger partial charge in [-0.2, -0.15) is 0 Å². The Bertz CT molecular complexity index is 146. The monoisotopic (exact) mass is 203 g/mol. The van der Waals surface area contributed by atoms with Crippen molar-refractivity contribution in [2.75, 3.05) is 20.3 Å². The fraction of sp³-hybridized carbons (Fsp3) is 1.00. The van der Waals surface area contributed by atoms with Gasteiger partial charge in [0.2, 0.25) is 0 Å². The second kappa shape index (κ2) is 6.35. The predicted octanol–water partition coefficient (Wildman–Crippen LogP) is -0.113. The number of rotatable bonds is 5. The Hall–Kier alpha value is -0.160. The van der Waals surface area contributed by atoms with Gasteiger partial charge in [0.05, 0.1) is 18.8 Å². The third kappa shape index (κ3) is 3.92. The van der Waals surface area contributed by atoms with Crippen LogP contribution in [0.3, 0.4) is 0 Å². The Morgan fingerprint density at radius 2 is 2.00 bits per heavy atom. The van der Waals surface area contributed by atoms with Crippen molar-refractivity contribution in [2.45, 2.75) is 43.9 Å². The van der Waals surface area contributed by atoms with E-state index in [0.29, 0.717) is 18.7 Å². The van der Waals surface area contributed by atoms with Crippen molar-refractivity contribution in [2.24, 2.45) is 0 Å². The summed E-state index contributed by atoms with van der Waals surface area (Å²) in [5, 5.41) is 21.0. The predicted molar refractivity (Wildman–Crippen MR) is 54.1 cm³/mol. The van der Waals surface area contributed by atoms with E-state index < -0.39 is 6.10 Å².